The summed E-state index contributed by atoms with van der Waals surface area (Å²) in [6, 6.07) is 15.2. The molecule has 0 heterocycles. The predicted molar refractivity (Wildman–Crippen MR) is 114 cm³/mol. The molecular weight excluding hydrogens is 388 g/mol. The number of rotatable bonds is 9. The molecule has 0 spiro atoms. The summed E-state index contributed by atoms with van der Waals surface area (Å²) < 4.78 is 30.1. The highest BCUT2D eigenvalue weighted by Crippen LogP contribution is 2.21. The molecular formula is C22H28N2O4S. The topological polar surface area (TPSA) is 76.0 Å². The first kappa shape index (κ1) is 22.6. The fraction of sp³-hybridized carbons (Fsp3) is 0.364. The monoisotopic (exact) mass is 416 g/mol. The van der Waals surface area contributed by atoms with Gasteiger partial charge in [-0.1, -0.05) is 61.5 Å². The smallest absolute Gasteiger partial charge is 0.338 e. The van der Waals surface area contributed by atoms with E-state index < -0.39 is 10.1 Å². The maximum atomic E-state index is 12.8. The van der Waals surface area contributed by atoms with Gasteiger partial charge >= 0.3 is 10.1 Å². The average Bonchev–Trinajstić information content (AvgIpc) is 2.75. The standard InChI is InChI=1S/C22H28N2O4S/c1-5-17(4)18-13-15-20(16-14-18)29(26,27)28-23-21(19-11-9-8-10-12-19)22(25)24(6-2)7-3/h8-17H,5-7H2,1-4H3. The summed E-state index contributed by atoms with van der Waals surface area (Å²) >= 11 is 0. The zero-order chi connectivity index (χ0) is 21.4. The molecule has 0 aliphatic rings. The molecule has 0 bridgehead atoms. The molecule has 0 N–H and O–H groups in total. The summed E-state index contributed by atoms with van der Waals surface area (Å²) in [5, 5.41) is 3.77. The molecule has 0 saturated heterocycles. The molecule has 0 aliphatic carbocycles. The molecule has 1 unspecified atom stereocenters. The molecule has 2 aromatic rings. The Kier molecular flexibility index (Phi) is 7.96. The summed E-state index contributed by atoms with van der Waals surface area (Å²) in [6.07, 6.45) is 0.959. The summed E-state index contributed by atoms with van der Waals surface area (Å²) in [6.45, 7) is 8.80. The Labute approximate surface area is 173 Å². The van der Waals surface area contributed by atoms with Crippen molar-refractivity contribution in [2.75, 3.05) is 13.1 Å². The van der Waals surface area contributed by atoms with Gasteiger partial charge in [-0.25, -0.2) is 0 Å². The minimum atomic E-state index is -4.14. The zero-order valence-electron chi connectivity index (χ0n) is 17.3. The van der Waals surface area contributed by atoms with Gasteiger partial charge in [-0.15, -0.1) is 0 Å². The van der Waals surface area contributed by atoms with Crippen LogP contribution in [-0.2, 0) is 19.2 Å². The van der Waals surface area contributed by atoms with E-state index >= 15 is 0 Å². The average molecular weight is 417 g/mol. The van der Waals surface area contributed by atoms with Gasteiger partial charge in [0, 0.05) is 18.7 Å². The van der Waals surface area contributed by atoms with Gasteiger partial charge in [0.25, 0.3) is 5.91 Å². The Morgan fingerprint density at radius 1 is 1.00 bits per heavy atom. The van der Waals surface area contributed by atoms with Crippen molar-refractivity contribution in [3.05, 3.63) is 65.7 Å². The normalized spacial score (nSPS) is 13.0. The van der Waals surface area contributed by atoms with E-state index in [4.69, 9.17) is 4.28 Å². The quantitative estimate of drug-likeness (QED) is 0.454. The fourth-order valence-electron chi connectivity index (χ4n) is 2.80. The molecule has 2 aromatic carbocycles. The molecule has 0 aromatic heterocycles. The third-order valence-electron chi connectivity index (χ3n) is 4.88. The molecule has 0 saturated carbocycles. The Balaban J connectivity index is 2.35. The van der Waals surface area contributed by atoms with Crippen molar-refractivity contribution >= 4 is 21.7 Å². The van der Waals surface area contributed by atoms with Crippen LogP contribution in [0, 0.1) is 0 Å². The summed E-state index contributed by atoms with van der Waals surface area (Å²) in [4.78, 5) is 14.4. The fourth-order valence-corrected chi connectivity index (χ4v) is 3.53. The van der Waals surface area contributed by atoms with Crippen LogP contribution in [0.3, 0.4) is 0 Å². The maximum Gasteiger partial charge on any atom is 0.358 e. The third kappa shape index (κ3) is 5.67. The van der Waals surface area contributed by atoms with E-state index in [1.807, 2.05) is 13.8 Å². The number of oxime groups is 1. The second-order valence-corrected chi connectivity index (χ2v) is 8.22. The number of hydrogen-bond donors (Lipinski definition) is 0. The van der Waals surface area contributed by atoms with E-state index in [0.29, 0.717) is 24.6 Å². The van der Waals surface area contributed by atoms with Crippen LogP contribution in [0.1, 0.15) is 51.2 Å². The number of carbonyl (C=O) groups excluding carboxylic acids is 1. The lowest BCUT2D eigenvalue weighted by Gasteiger charge is -2.19. The highest BCUT2D eigenvalue weighted by molar-refractivity contribution is 7.86. The third-order valence-corrected chi connectivity index (χ3v) is 6.00. The highest BCUT2D eigenvalue weighted by atomic mass is 32.2. The number of benzene rings is 2. The molecule has 29 heavy (non-hydrogen) atoms. The molecule has 2 rings (SSSR count). The molecule has 0 aliphatic heterocycles. The van der Waals surface area contributed by atoms with Crippen molar-refractivity contribution in [2.45, 2.75) is 44.9 Å². The van der Waals surface area contributed by atoms with E-state index in [1.165, 1.54) is 12.1 Å². The molecule has 156 valence electrons. The summed E-state index contributed by atoms with van der Waals surface area (Å²) in [5.74, 6) is -0.0504. The lowest BCUT2D eigenvalue weighted by Crippen LogP contribution is -2.37. The lowest BCUT2D eigenvalue weighted by atomic mass is 9.99. The summed E-state index contributed by atoms with van der Waals surface area (Å²) in [7, 11) is -4.14. The number of carbonyl (C=O) groups is 1. The number of nitrogens with zero attached hydrogens (tertiary/aromatic N) is 2. The van der Waals surface area contributed by atoms with Crippen molar-refractivity contribution < 1.29 is 17.5 Å². The molecule has 0 fully saturated rings. The van der Waals surface area contributed by atoms with Crippen LogP contribution in [0.5, 0.6) is 0 Å². The first-order chi connectivity index (χ1) is 13.8. The van der Waals surface area contributed by atoms with Gasteiger partial charge in [0.1, 0.15) is 4.90 Å². The van der Waals surface area contributed by atoms with Gasteiger partial charge in [-0.3, -0.25) is 9.08 Å². The van der Waals surface area contributed by atoms with Gasteiger partial charge in [-0.2, -0.15) is 8.42 Å². The zero-order valence-corrected chi connectivity index (χ0v) is 18.1. The van der Waals surface area contributed by atoms with Crippen molar-refractivity contribution in [2.24, 2.45) is 5.16 Å². The maximum absolute atomic E-state index is 12.8. The van der Waals surface area contributed by atoms with Crippen molar-refractivity contribution in [1.29, 1.82) is 0 Å². The minimum absolute atomic E-state index is 0.00370. The van der Waals surface area contributed by atoms with Crippen LogP contribution in [0.4, 0.5) is 0 Å². The van der Waals surface area contributed by atoms with E-state index in [2.05, 4.69) is 19.0 Å². The van der Waals surface area contributed by atoms with Gasteiger partial charge in [-0.05, 0) is 43.9 Å². The Bertz CT molecular complexity index is 935. The predicted octanol–water partition coefficient (Wildman–Crippen LogP) is 4.18. The van der Waals surface area contributed by atoms with Crippen molar-refractivity contribution in [3.63, 3.8) is 0 Å². The number of amides is 1. The van der Waals surface area contributed by atoms with Crippen LogP contribution in [0.2, 0.25) is 0 Å². The largest absolute Gasteiger partial charge is 0.358 e. The Hall–Kier alpha value is -2.67. The van der Waals surface area contributed by atoms with Crippen LogP contribution in [0.15, 0.2) is 64.6 Å². The van der Waals surface area contributed by atoms with Gasteiger partial charge in [0.05, 0.1) is 0 Å². The van der Waals surface area contributed by atoms with Crippen LogP contribution in [-0.4, -0.2) is 38.0 Å². The van der Waals surface area contributed by atoms with Crippen LogP contribution >= 0.6 is 0 Å². The van der Waals surface area contributed by atoms with Gasteiger partial charge in [0.2, 0.25) is 0 Å². The van der Waals surface area contributed by atoms with Gasteiger partial charge < -0.3 is 4.90 Å². The number of hydrogen-bond acceptors (Lipinski definition) is 5. The molecule has 0 radical (unpaired) electrons. The minimum Gasteiger partial charge on any atom is -0.338 e. The van der Waals surface area contributed by atoms with E-state index in [0.717, 1.165) is 12.0 Å². The van der Waals surface area contributed by atoms with Crippen LogP contribution < -0.4 is 0 Å². The van der Waals surface area contributed by atoms with E-state index in [1.54, 1.807) is 47.4 Å². The molecule has 6 nitrogen and oxygen atoms in total. The molecule has 1 atom stereocenters. The lowest BCUT2D eigenvalue weighted by molar-refractivity contribution is -0.123. The summed E-state index contributed by atoms with van der Waals surface area (Å²) in [5.41, 5.74) is 1.50. The first-order valence-electron chi connectivity index (χ1n) is 9.80. The van der Waals surface area contributed by atoms with E-state index in [-0.39, 0.29) is 16.5 Å². The second kappa shape index (κ2) is 10.2. The SMILES string of the molecule is CCC(C)c1ccc(S(=O)(=O)ON=C(C(=O)N(CC)CC)c2ccccc2)cc1. The Morgan fingerprint density at radius 3 is 2.10 bits per heavy atom. The first-order valence-corrected chi connectivity index (χ1v) is 11.2. The Morgan fingerprint density at radius 2 is 1.59 bits per heavy atom. The highest BCUT2D eigenvalue weighted by Gasteiger charge is 2.23. The van der Waals surface area contributed by atoms with Crippen molar-refractivity contribution in [3.8, 4) is 0 Å². The van der Waals surface area contributed by atoms with Gasteiger partial charge in [0.15, 0.2) is 5.71 Å². The van der Waals surface area contributed by atoms with Crippen molar-refractivity contribution in [1.82, 2.24) is 4.90 Å². The molecule has 1 amide bonds. The molecule has 7 heteroatoms. The van der Waals surface area contributed by atoms with E-state index in [9.17, 15) is 13.2 Å². The second-order valence-electron chi connectivity index (χ2n) is 6.69. The number of likely N-dealkylation sites (N-methyl/N-ethyl adjacent to an activating group) is 1. The van der Waals surface area contributed by atoms with Crippen LogP contribution in [0.25, 0.3) is 0 Å².